The second-order valence-corrected chi connectivity index (χ2v) is 6.84. The zero-order valence-corrected chi connectivity index (χ0v) is 13.3. The van der Waals surface area contributed by atoms with Gasteiger partial charge in [0.1, 0.15) is 17.3 Å². The highest BCUT2D eigenvalue weighted by Crippen LogP contribution is 2.29. The topological polar surface area (TPSA) is 69.4 Å². The number of hydrogen-bond acceptors (Lipinski definition) is 3. The summed E-state index contributed by atoms with van der Waals surface area (Å²) in [5.74, 6) is 0.290. The number of sulfonamides is 1. The summed E-state index contributed by atoms with van der Waals surface area (Å²) in [4.78, 5) is 0.00830. The molecule has 0 spiro atoms. The molecule has 0 saturated heterocycles. The molecule has 0 amide bonds. The standard InChI is InChI=1S/C15H16ClNO3S/c1-10-7-11(2)15(14(8-10)21(17,18)19)20-9-12-3-5-13(16)6-4-12/h3-8H,9H2,1-2H3,(H2,17,18,19). The van der Waals surface area contributed by atoms with Gasteiger partial charge in [-0.25, -0.2) is 13.6 Å². The Morgan fingerprint density at radius 1 is 1.14 bits per heavy atom. The minimum absolute atomic E-state index is 0.00830. The predicted molar refractivity (Wildman–Crippen MR) is 83.1 cm³/mol. The first-order valence-electron chi connectivity index (χ1n) is 6.28. The van der Waals surface area contributed by atoms with E-state index in [1.165, 1.54) is 6.07 Å². The molecule has 0 fully saturated rings. The summed E-state index contributed by atoms with van der Waals surface area (Å²) in [5.41, 5.74) is 2.43. The maximum atomic E-state index is 11.7. The molecule has 0 bridgehead atoms. The van der Waals surface area contributed by atoms with Gasteiger partial charge < -0.3 is 4.74 Å². The second kappa shape index (κ2) is 6.05. The van der Waals surface area contributed by atoms with E-state index in [2.05, 4.69) is 0 Å². The van der Waals surface area contributed by atoms with E-state index in [0.717, 1.165) is 16.7 Å². The lowest BCUT2D eigenvalue weighted by Crippen LogP contribution is -2.15. The van der Waals surface area contributed by atoms with E-state index in [4.69, 9.17) is 21.5 Å². The maximum Gasteiger partial charge on any atom is 0.241 e. The van der Waals surface area contributed by atoms with Crippen molar-refractivity contribution in [2.45, 2.75) is 25.3 Å². The van der Waals surface area contributed by atoms with Crippen LogP contribution in [0.3, 0.4) is 0 Å². The summed E-state index contributed by atoms with van der Waals surface area (Å²) >= 11 is 5.82. The van der Waals surface area contributed by atoms with Crippen molar-refractivity contribution in [3.05, 3.63) is 58.1 Å². The average Bonchev–Trinajstić information content (AvgIpc) is 2.38. The van der Waals surface area contributed by atoms with Gasteiger partial charge in [-0.15, -0.1) is 0 Å². The molecule has 2 rings (SSSR count). The molecular weight excluding hydrogens is 310 g/mol. The van der Waals surface area contributed by atoms with Gasteiger partial charge in [0.05, 0.1) is 0 Å². The van der Waals surface area contributed by atoms with Crippen LogP contribution in [0.15, 0.2) is 41.3 Å². The van der Waals surface area contributed by atoms with Crippen LogP contribution in [0.2, 0.25) is 5.02 Å². The van der Waals surface area contributed by atoms with Crippen LogP contribution in [-0.2, 0) is 16.6 Å². The third kappa shape index (κ3) is 3.97. The Morgan fingerprint density at radius 3 is 2.33 bits per heavy atom. The molecule has 0 heterocycles. The van der Waals surface area contributed by atoms with Crippen LogP contribution in [0.25, 0.3) is 0 Å². The number of benzene rings is 2. The van der Waals surface area contributed by atoms with Crippen LogP contribution in [0.1, 0.15) is 16.7 Å². The van der Waals surface area contributed by atoms with Crippen molar-refractivity contribution in [1.29, 1.82) is 0 Å². The Labute approximate surface area is 129 Å². The summed E-state index contributed by atoms with van der Waals surface area (Å²) < 4.78 is 29.1. The quantitative estimate of drug-likeness (QED) is 0.938. The first-order chi connectivity index (χ1) is 9.77. The van der Waals surface area contributed by atoms with E-state index in [1.54, 1.807) is 19.1 Å². The fraction of sp³-hybridized carbons (Fsp3) is 0.200. The van der Waals surface area contributed by atoms with Crippen LogP contribution in [0.5, 0.6) is 5.75 Å². The molecule has 21 heavy (non-hydrogen) atoms. The highest BCUT2D eigenvalue weighted by atomic mass is 35.5. The van der Waals surface area contributed by atoms with Crippen LogP contribution in [0, 0.1) is 13.8 Å². The minimum atomic E-state index is -3.84. The highest BCUT2D eigenvalue weighted by molar-refractivity contribution is 7.89. The molecule has 0 unspecified atom stereocenters. The van der Waals surface area contributed by atoms with Gasteiger partial charge >= 0.3 is 0 Å². The van der Waals surface area contributed by atoms with E-state index >= 15 is 0 Å². The number of rotatable bonds is 4. The molecule has 4 nitrogen and oxygen atoms in total. The molecule has 2 N–H and O–H groups in total. The predicted octanol–water partition coefficient (Wildman–Crippen LogP) is 3.18. The summed E-state index contributed by atoms with van der Waals surface area (Å²) in [5, 5.41) is 5.89. The normalized spacial score (nSPS) is 11.4. The SMILES string of the molecule is Cc1cc(C)c(OCc2ccc(Cl)cc2)c(S(N)(=O)=O)c1. The zero-order valence-electron chi connectivity index (χ0n) is 11.8. The fourth-order valence-corrected chi connectivity index (χ4v) is 3.00. The first-order valence-corrected chi connectivity index (χ1v) is 8.21. The summed E-state index contributed by atoms with van der Waals surface area (Å²) in [6.45, 7) is 3.84. The smallest absolute Gasteiger partial charge is 0.241 e. The Bertz CT molecular complexity index is 755. The van der Waals surface area contributed by atoms with Crippen molar-refractivity contribution in [3.63, 3.8) is 0 Å². The van der Waals surface area contributed by atoms with Gasteiger partial charge in [0.2, 0.25) is 10.0 Å². The molecule has 2 aromatic rings. The van der Waals surface area contributed by atoms with Gasteiger partial charge in [0.25, 0.3) is 0 Å². The van der Waals surface area contributed by atoms with Gasteiger partial charge in [-0.05, 0) is 48.7 Å². The number of primary sulfonamides is 1. The average molecular weight is 326 g/mol. The van der Waals surface area contributed by atoms with Crippen LogP contribution in [0.4, 0.5) is 0 Å². The van der Waals surface area contributed by atoms with Gasteiger partial charge in [0.15, 0.2) is 0 Å². The Kier molecular flexibility index (Phi) is 4.56. The Morgan fingerprint density at radius 2 is 1.76 bits per heavy atom. The van der Waals surface area contributed by atoms with E-state index in [9.17, 15) is 8.42 Å². The monoisotopic (exact) mass is 325 g/mol. The van der Waals surface area contributed by atoms with Crippen molar-refractivity contribution >= 4 is 21.6 Å². The molecular formula is C15H16ClNO3S. The fourth-order valence-electron chi connectivity index (χ4n) is 2.05. The molecule has 0 aliphatic heterocycles. The van der Waals surface area contributed by atoms with Crippen LogP contribution >= 0.6 is 11.6 Å². The summed E-state index contributed by atoms with van der Waals surface area (Å²) in [6, 6.07) is 10.5. The summed E-state index contributed by atoms with van der Waals surface area (Å²) in [7, 11) is -3.84. The van der Waals surface area contributed by atoms with Crippen LogP contribution in [-0.4, -0.2) is 8.42 Å². The lowest BCUT2D eigenvalue weighted by atomic mass is 10.1. The van der Waals surface area contributed by atoms with Crippen molar-refractivity contribution in [1.82, 2.24) is 0 Å². The number of ether oxygens (including phenoxy) is 1. The third-order valence-corrected chi connectivity index (χ3v) is 4.16. The molecule has 0 aromatic heterocycles. The molecule has 2 aromatic carbocycles. The number of hydrogen-bond donors (Lipinski definition) is 1. The summed E-state index contributed by atoms with van der Waals surface area (Å²) in [6.07, 6.45) is 0. The van der Waals surface area contributed by atoms with E-state index in [-0.39, 0.29) is 17.3 Å². The molecule has 0 aliphatic carbocycles. The molecule has 0 saturated carbocycles. The lowest BCUT2D eigenvalue weighted by Gasteiger charge is -2.14. The van der Waals surface area contributed by atoms with Gasteiger partial charge in [-0.1, -0.05) is 29.8 Å². The van der Waals surface area contributed by atoms with Gasteiger partial charge in [0, 0.05) is 5.02 Å². The molecule has 0 aliphatic rings. The number of halogens is 1. The van der Waals surface area contributed by atoms with E-state index in [1.807, 2.05) is 25.1 Å². The highest BCUT2D eigenvalue weighted by Gasteiger charge is 2.18. The Balaban J connectivity index is 2.33. The van der Waals surface area contributed by atoms with Crippen LogP contribution < -0.4 is 9.88 Å². The van der Waals surface area contributed by atoms with Crippen molar-refractivity contribution in [2.75, 3.05) is 0 Å². The molecule has 6 heteroatoms. The van der Waals surface area contributed by atoms with Gasteiger partial charge in [-0.3, -0.25) is 0 Å². The lowest BCUT2D eigenvalue weighted by molar-refractivity contribution is 0.295. The third-order valence-electron chi connectivity index (χ3n) is 2.99. The minimum Gasteiger partial charge on any atom is -0.487 e. The maximum absolute atomic E-state index is 11.7. The number of nitrogens with two attached hydrogens (primary N) is 1. The number of aryl methyl sites for hydroxylation is 2. The van der Waals surface area contributed by atoms with E-state index in [0.29, 0.717) is 5.02 Å². The van der Waals surface area contributed by atoms with Gasteiger partial charge in [-0.2, -0.15) is 0 Å². The Hall–Kier alpha value is -1.56. The first kappa shape index (κ1) is 15.8. The largest absolute Gasteiger partial charge is 0.487 e. The second-order valence-electron chi connectivity index (χ2n) is 4.87. The van der Waals surface area contributed by atoms with Crippen molar-refractivity contribution < 1.29 is 13.2 Å². The van der Waals surface area contributed by atoms with E-state index < -0.39 is 10.0 Å². The molecule has 0 radical (unpaired) electrons. The van der Waals surface area contributed by atoms with Crippen molar-refractivity contribution in [2.24, 2.45) is 5.14 Å². The van der Waals surface area contributed by atoms with Crippen molar-refractivity contribution in [3.8, 4) is 5.75 Å². The molecule has 0 atom stereocenters. The molecule has 112 valence electrons. The zero-order chi connectivity index (χ0) is 15.6.